The van der Waals surface area contributed by atoms with Crippen LogP contribution in [0.4, 0.5) is 14.5 Å². The predicted octanol–water partition coefficient (Wildman–Crippen LogP) is 2.18. The number of para-hydroxylation sites is 2. The first-order valence-electron chi connectivity index (χ1n) is 9.57. The fourth-order valence-corrected chi connectivity index (χ4v) is 2.96. The van der Waals surface area contributed by atoms with Crippen LogP contribution in [0.15, 0.2) is 42.5 Å². The van der Waals surface area contributed by atoms with Gasteiger partial charge in [0.25, 0.3) is 0 Å². The molecule has 0 saturated carbocycles. The van der Waals surface area contributed by atoms with Crippen LogP contribution in [0.25, 0.3) is 0 Å². The van der Waals surface area contributed by atoms with Crippen LogP contribution in [0.5, 0.6) is 11.5 Å². The van der Waals surface area contributed by atoms with E-state index in [9.17, 15) is 18.4 Å². The van der Waals surface area contributed by atoms with Gasteiger partial charge in [0.15, 0.2) is 23.1 Å². The summed E-state index contributed by atoms with van der Waals surface area (Å²) in [6.45, 7) is 3.18. The van der Waals surface area contributed by atoms with Crippen molar-refractivity contribution in [3.63, 3.8) is 0 Å². The largest absolute Gasteiger partial charge is 0.486 e. The second kappa shape index (κ2) is 10.0. The van der Waals surface area contributed by atoms with Crippen molar-refractivity contribution < 1.29 is 27.8 Å². The van der Waals surface area contributed by atoms with Gasteiger partial charge in [-0.25, -0.2) is 8.78 Å². The predicted molar refractivity (Wildman–Crippen MR) is 106 cm³/mol. The minimum absolute atomic E-state index is 0.0798. The average Bonchev–Trinajstić information content (AvgIpc) is 2.74. The second-order valence-electron chi connectivity index (χ2n) is 6.78. The molecule has 160 valence electrons. The molecular weight excluding hydrogens is 396 g/mol. The number of carbonyl (C=O) groups excluding carboxylic acids is 2. The zero-order valence-corrected chi connectivity index (χ0v) is 16.5. The smallest absolute Gasteiger partial charge is 0.243 e. The van der Waals surface area contributed by atoms with E-state index >= 15 is 0 Å². The van der Waals surface area contributed by atoms with Gasteiger partial charge in [0.2, 0.25) is 11.8 Å². The molecule has 2 amide bonds. The normalized spacial score (nSPS) is 15.0. The highest BCUT2D eigenvalue weighted by atomic mass is 19.2. The number of nitrogens with one attached hydrogen (secondary N) is 2. The van der Waals surface area contributed by atoms with E-state index in [4.69, 9.17) is 9.47 Å². The molecule has 0 saturated heterocycles. The molecule has 1 unspecified atom stereocenters. The summed E-state index contributed by atoms with van der Waals surface area (Å²) in [6, 6.07) is 10.4. The third-order valence-corrected chi connectivity index (χ3v) is 4.49. The molecule has 2 N–H and O–H groups in total. The molecule has 0 spiro atoms. The van der Waals surface area contributed by atoms with E-state index in [0.29, 0.717) is 31.2 Å². The molecule has 0 aliphatic carbocycles. The third-order valence-electron chi connectivity index (χ3n) is 4.49. The molecule has 3 rings (SSSR count). The maximum absolute atomic E-state index is 13.2. The topological polar surface area (TPSA) is 79.9 Å². The number of fused-ring (bicyclic) bond motifs is 1. The van der Waals surface area contributed by atoms with Gasteiger partial charge in [-0.05, 0) is 30.8 Å². The Labute approximate surface area is 173 Å². The lowest BCUT2D eigenvalue weighted by molar-refractivity contribution is -0.125. The number of rotatable bonds is 8. The molecule has 0 radical (unpaired) electrons. The van der Waals surface area contributed by atoms with Crippen molar-refractivity contribution in [1.82, 2.24) is 10.2 Å². The first-order chi connectivity index (χ1) is 14.4. The van der Waals surface area contributed by atoms with Gasteiger partial charge in [-0.1, -0.05) is 19.1 Å². The summed E-state index contributed by atoms with van der Waals surface area (Å²) in [5, 5.41) is 4.91. The third kappa shape index (κ3) is 5.90. The number of ether oxygens (including phenoxy) is 2. The highest BCUT2D eigenvalue weighted by Crippen LogP contribution is 2.30. The standard InChI is InChI=1S/C21H23F2N3O4/c1-2-26(11-15-13-29-18-5-3-4-6-19(18)30-15)12-21(28)24-10-20(27)25-14-7-8-16(22)17(23)9-14/h3-9,15H,2,10-13H2,1H3,(H,24,28)(H,25,27). The van der Waals surface area contributed by atoms with Gasteiger partial charge in [0, 0.05) is 18.3 Å². The zero-order valence-electron chi connectivity index (χ0n) is 16.5. The molecule has 1 heterocycles. The second-order valence-corrected chi connectivity index (χ2v) is 6.78. The van der Waals surface area contributed by atoms with Crippen LogP contribution in [-0.2, 0) is 9.59 Å². The summed E-state index contributed by atoms with van der Waals surface area (Å²) >= 11 is 0. The Morgan fingerprint density at radius 3 is 2.60 bits per heavy atom. The molecule has 7 nitrogen and oxygen atoms in total. The summed E-state index contributed by atoms with van der Waals surface area (Å²) in [5.41, 5.74) is 0.109. The van der Waals surface area contributed by atoms with Crippen LogP contribution in [0.1, 0.15) is 6.92 Å². The van der Waals surface area contributed by atoms with E-state index in [0.717, 1.165) is 12.1 Å². The first kappa shape index (κ1) is 21.5. The molecule has 0 aromatic heterocycles. The molecular formula is C21H23F2N3O4. The molecule has 1 aliphatic heterocycles. The SMILES string of the molecule is CCN(CC(=O)NCC(=O)Nc1ccc(F)c(F)c1)CC1COc2ccccc2O1. The molecule has 2 aromatic rings. The Hall–Kier alpha value is -3.20. The van der Waals surface area contributed by atoms with Gasteiger partial charge in [0.05, 0.1) is 13.1 Å². The Balaban J connectivity index is 1.42. The maximum atomic E-state index is 13.2. The molecule has 1 atom stereocenters. The Kier molecular flexibility index (Phi) is 7.18. The van der Waals surface area contributed by atoms with Crippen molar-refractivity contribution in [3.05, 3.63) is 54.1 Å². The molecule has 9 heteroatoms. The maximum Gasteiger partial charge on any atom is 0.243 e. The number of hydrogen-bond acceptors (Lipinski definition) is 5. The van der Waals surface area contributed by atoms with Gasteiger partial charge >= 0.3 is 0 Å². The van der Waals surface area contributed by atoms with E-state index in [1.807, 2.05) is 36.1 Å². The highest BCUT2D eigenvalue weighted by molar-refractivity contribution is 5.94. The lowest BCUT2D eigenvalue weighted by atomic mass is 10.2. The van der Waals surface area contributed by atoms with Crippen LogP contribution >= 0.6 is 0 Å². The Morgan fingerprint density at radius 2 is 1.87 bits per heavy atom. The van der Waals surface area contributed by atoms with E-state index < -0.39 is 17.5 Å². The van der Waals surface area contributed by atoms with Crippen LogP contribution in [-0.4, -0.2) is 55.6 Å². The minimum Gasteiger partial charge on any atom is -0.486 e. The number of likely N-dealkylation sites (N-methyl/N-ethyl adjacent to an activating group) is 1. The molecule has 1 aliphatic rings. The highest BCUT2D eigenvalue weighted by Gasteiger charge is 2.23. The molecule has 30 heavy (non-hydrogen) atoms. The van der Waals surface area contributed by atoms with Crippen LogP contribution in [0, 0.1) is 11.6 Å². The number of halogens is 2. The van der Waals surface area contributed by atoms with E-state index in [1.165, 1.54) is 6.07 Å². The molecule has 0 fully saturated rings. The van der Waals surface area contributed by atoms with Crippen molar-refractivity contribution in [1.29, 1.82) is 0 Å². The van der Waals surface area contributed by atoms with Crippen molar-refractivity contribution >= 4 is 17.5 Å². The van der Waals surface area contributed by atoms with Crippen LogP contribution < -0.4 is 20.1 Å². The summed E-state index contributed by atoms with van der Waals surface area (Å²) in [5.74, 6) is -1.58. The van der Waals surface area contributed by atoms with E-state index in [1.54, 1.807) is 0 Å². The van der Waals surface area contributed by atoms with Crippen molar-refractivity contribution in [2.24, 2.45) is 0 Å². The number of carbonyl (C=O) groups is 2. The summed E-state index contributed by atoms with van der Waals surface area (Å²) < 4.78 is 37.7. The fourth-order valence-electron chi connectivity index (χ4n) is 2.96. The Bertz CT molecular complexity index is 910. The first-order valence-corrected chi connectivity index (χ1v) is 9.57. The van der Waals surface area contributed by atoms with Crippen molar-refractivity contribution in [2.45, 2.75) is 13.0 Å². The number of hydrogen-bond donors (Lipinski definition) is 2. The summed E-state index contributed by atoms with van der Waals surface area (Å²) in [6.07, 6.45) is -0.218. The van der Waals surface area contributed by atoms with Gasteiger partial charge < -0.3 is 20.1 Å². The van der Waals surface area contributed by atoms with Crippen LogP contribution in [0.2, 0.25) is 0 Å². The molecule has 0 bridgehead atoms. The number of anilines is 1. The number of nitrogens with zero attached hydrogens (tertiary/aromatic N) is 1. The minimum atomic E-state index is -1.06. The van der Waals surface area contributed by atoms with Gasteiger partial charge in [-0.2, -0.15) is 0 Å². The van der Waals surface area contributed by atoms with Crippen LogP contribution in [0.3, 0.4) is 0 Å². The molecule has 2 aromatic carbocycles. The van der Waals surface area contributed by atoms with Gasteiger partial charge in [-0.3, -0.25) is 14.5 Å². The number of benzene rings is 2. The Morgan fingerprint density at radius 1 is 1.10 bits per heavy atom. The van der Waals surface area contributed by atoms with Gasteiger partial charge in [0.1, 0.15) is 12.7 Å². The monoisotopic (exact) mass is 419 g/mol. The van der Waals surface area contributed by atoms with E-state index in [2.05, 4.69) is 10.6 Å². The van der Waals surface area contributed by atoms with E-state index in [-0.39, 0.29) is 30.8 Å². The fraction of sp³-hybridized carbons (Fsp3) is 0.333. The lowest BCUT2D eigenvalue weighted by Gasteiger charge is -2.30. The average molecular weight is 419 g/mol. The summed E-state index contributed by atoms with van der Waals surface area (Å²) in [4.78, 5) is 26.0. The lowest BCUT2D eigenvalue weighted by Crippen LogP contribution is -2.46. The van der Waals surface area contributed by atoms with Crippen molar-refractivity contribution in [2.75, 3.05) is 38.1 Å². The summed E-state index contributed by atoms with van der Waals surface area (Å²) in [7, 11) is 0. The van der Waals surface area contributed by atoms with Crippen molar-refractivity contribution in [3.8, 4) is 11.5 Å². The number of amides is 2. The van der Waals surface area contributed by atoms with Gasteiger partial charge in [-0.15, -0.1) is 0 Å². The quantitative estimate of drug-likeness (QED) is 0.686. The zero-order chi connectivity index (χ0) is 21.5.